The van der Waals surface area contributed by atoms with Gasteiger partial charge in [-0.25, -0.2) is 8.42 Å². The van der Waals surface area contributed by atoms with Gasteiger partial charge in [0, 0.05) is 6.07 Å². The van der Waals surface area contributed by atoms with E-state index in [4.69, 9.17) is 32.7 Å². The molecule has 0 saturated heterocycles. The van der Waals surface area contributed by atoms with Gasteiger partial charge < -0.3 is 14.8 Å². The molecule has 3 rings (SSSR count). The topological polar surface area (TPSA) is 84.9 Å². The third-order valence-electron chi connectivity index (χ3n) is 4.50. The van der Waals surface area contributed by atoms with Gasteiger partial charge >= 0.3 is 0 Å². The number of nitrogens with one attached hydrogen (secondary N) is 1. The summed E-state index contributed by atoms with van der Waals surface area (Å²) in [5.74, 6) is 0.0323. The van der Waals surface area contributed by atoms with E-state index in [0.717, 1.165) is 4.31 Å². The second-order valence-electron chi connectivity index (χ2n) is 6.51. The average Bonchev–Trinajstić information content (AvgIpc) is 2.80. The molecule has 0 atom stereocenters. The number of benzene rings is 3. The number of rotatable bonds is 8. The van der Waals surface area contributed by atoms with Crippen LogP contribution in [0.2, 0.25) is 10.0 Å². The van der Waals surface area contributed by atoms with E-state index < -0.39 is 22.5 Å². The van der Waals surface area contributed by atoms with Crippen molar-refractivity contribution in [2.45, 2.75) is 4.90 Å². The molecular formula is C22H20Cl2N2O5S. The number of ether oxygens (including phenoxy) is 2. The number of carbonyl (C=O) groups excluding carboxylic acids is 1. The van der Waals surface area contributed by atoms with Gasteiger partial charge in [-0.05, 0) is 36.4 Å². The summed E-state index contributed by atoms with van der Waals surface area (Å²) >= 11 is 12.1. The van der Waals surface area contributed by atoms with Gasteiger partial charge in [0.2, 0.25) is 5.91 Å². The second-order valence-corrected chi connectivity index (χ2v) is 9.16. The van der Waals surface area contributed by atoms with Crippen LogP contribution in [0.1, 0.15) is 0 Å². The van der Waals surface area contributed by atoms with Crippen LogP contribution in [0.4, 0.5) is 11.4 Å². The lowest BCUT2D eigenvalue weighted by atomic mass is 10.3. The molecule has 0 spiro atoms. The fourth-order valence-electron chi connectivity index (χ4n) is 2.93. The number of halogens is 2. The third-order valence-corrected chi connectivity index (χ3v) is 7.09. The normalized spacial score (nSPS) is 11.0. The summed E-state index contributed by atoms with van der Waals surface area (Å²) in [5.41, 5.74) is 0.593. The smallest absolute Gasteiger partial charge is 0.264 e. The molecule has 32 heavy (non-hydrogen) atoms. The van der Waals surface area contributed by atoms with Gasteiger partial charge in [-0.3, -0.25) is 9.10 Å². The van der Waals surface area contributed by atoms with Gasteiger partial charge in [-0.1, -0.05) is 47.5 Å². The van der Waals surface area contributed by atoms with E-state index >= 15 is 0 Å². The van der Waals surface area contributed by atoms with Gasteiger partial charge in [-0.2, -0.15) is 0 Å². The molecule has 0 aromatic heterocycles. The van der Waals surface area contributed by atoms with E-state index in [1.807, 2.05) is 0 Å². The standard InChI is InChI=1S/C22H20Cl2N2O5S/c1-30-19-12-11-16(13-20(19)31-2)32(28,29)26(15-7-4-3-5-8-15)14-21(27)25-18-10-6-9-17(23)22(18)24/h3-13H,14H2,1-2H3,(H,25,27). The number of anilines is 2. The maximum absolute atomic E-state index is 13.5. The van der Waals surface area contributed by atoms with Crippen LogP contribution in [0.5, 0.6) is 11.5 Å². The number of hydrogen-bond donors (Lipinski definition) is 1. The zero-order valence-corrected chi connectivity index (χ0v) is 19.5. The first kappa shape index (κ1) is 23.7. The molecule has 3 aromatic carbocycles. The monoisotopic (exact) mass is 494 g/mol. The van der Waals surface area contributed by atoms with E-state index in [2.05, 4.69) is 5.32 Å². The Morgan fingerprint density at radius 1 is 0.938 bits per heavy atom. The Morgan fingerprint density at radius 2 is 1.62 bits per heavy atom. The van der Waals surface area contributed by atoms with Crippen LogP contribution < -0.4 is 19.1 Å². The highest BCUT2D eigenvalue weighted by Gasteiger charge is 2.28. The van der Waals surface area contributed by atoms with Crippen LogP contribution in [0.3, 0.4) is 0 Å². The minimum absolute atomic E-state index is 0.0624. The molecule has 168 valence electrons. The number of methoxy groups -OCH3 is 2. The number of para-hydroxylation sites is 1. The van der Waals surface area contributed by atoms with Crippen molar-refractivity contribution in [2.75, 3.05) is 30.4 Å². The number of sulfonamides is 1. The average molecular weight is 495 g/mol. The lowest BCUT2D eigenvalue weighted by Gasteiger charge is -2.24. The van der Waals surface area contributed by atoms with Gasteiger partial charge in [0.1, 0.15) is 6.54 Å². The third kappa shape index (κ3) is 5.09. The van der Waals surface area contributed by atoms with Crippen LogP contribution in [-0.4, -0.2) is 35.1 Å². The molecule has 0 aliphatic carbocycles. The molecule has 0 aliphatic heterocycles. The molecule has 0 aliphatic rings. The lowest BCUT2D eigenvalue weighted by molar-refractivity contribution is -0.114. The van der Waals surface area contributed by atoms with Crippen molar-refractivity contribution in [2.24, 2.45) is 0 Å². The number of nitrogens with zero attached hydrogens (tertiary/aromatic N) is 1. The quantitative estimate of drug-likeness (QED) is 0.483. The van der Waals surface area contributed by atoms with Crippen molar-refractivity contribution in [3.8, 4) is 11.5 Å². The number of amides is 1. The van der Waals surface area contributed by atoms with Crippen molar-refractivity contribution < 1.29 is 22.7 Å². The molecule has 0 radical (unpaired) electrons. The summed E-state index contributed by atoms with van der Waals surface area (Å²) in [4.78, 5) is 12.7. The Labute approximate surface area is 196 Å². The maximum atomic E-state index is 13.5. The van der Waals surface area contributed by atoms with Gasteiger partial charge in [0.25, 0.3) is 10.0 Å². The first-order valence-electron chi connectivity index (χ1n) is 9.31. The summed E-state index contributed by atoms with van der Waals surface area (Å²) in [7, 11) is -1.28. The molecule has 3 aromatic rings. The Balaban J connectivity index is 1.98. The minimum atomic E-state index is -4.14. The predicted octanol–water partition coefficient (Wildman–Crippen LogP) is 4.84. The Kier molecular flexibility index (Phi) is 7.50. The largest absolute Gasteiger partial charge is 0.493 e. The van der Waals surface area contributed by atoms with E-state index in [1.54, 1.807) is 48.5 Å². The van der Waals surface area contributed by atoms with Crippen molar-refractivity contribution in [1.82, 2.24) is 0 Å². The Morgan fingerprint density at radius 3 is 2.28 bits per heavy atom. The maximum Gasteiger partial charge on any atom is 0.264 e. The minimum Gasteiger partial charge on any atom is -0.493 e. The first-order valence-corrected chi connectivity index (χ1v) is 11.5. The second kappa shape index (κ2) is 10.1. The van der Waals surface area contributed by atoms with Crippen molar-refractivity contribution in [1.29, 1.82) is 0 Å². The van der Waals surface area contributed by atoms with E-state index in [0.29, 0.717) is 11.4 Å². The first-order chi connectivity index (χ1) is 15.3. The molecule has 0 fully saturated rings. The highest BCUT2D eigenvalue weighted by atomic mass is 35.5. The summed E-state index contributed by atoms with van der Waals surface area (Å²) in [6.45, 7) is -0.496. The molecule has 1 amide bonds. The van der Waals surface area contributed by atoms with Crippen LogP contribution in [0.25, 0.3) is 0 Å². The number of carbonyl (C=O) groups is 1. The van der Waals surface area contributed by atoms with Crippen LogP contribution >= 0.6 is 23.2 Å². The fourth-order valence-corrected chi connectivity index (χ4v) is 4.72. The van der Waals surface area contributed by atoms with Crippen LogP contribution in [-0.2, 0) is 14.8 Å². The summed E-state index contributed by atoms with van der Waals surface area (Å²) in [6.07, 6.45) is 0. The van der Waals surface area contributed by atoms with Crippen molar-refractivity contribution >= 4 is 50.5 Å². The molecule has 7 nitrogen and oxygen atoms in total. The molecule has 0 saturated carbocycles. The molecule has 0 bridgehead atoms. The Hall–Kier alpha value is -2.94. The molecular weight excluding hydrogens is 475 g/mol. The molecule has 10 heteroatoms. The van der Waals surface area contributed by atoms with E-state index in [-0.39, 0.29) is 26.4 Å². The van der Waals surface area contributed by atoms with Crippen LogP contribution in [0, 0.1) is 0 Å². The highest BCUT2D eigenvalue weighted by molar-refractivity contribution is 7.92. The summed E-state index contributed by atoms with van der Waals surface area (Å²) in [5, 5.41) is 3.04. The highest BCUT2D eigenvalue weighted by Crippen LogP contribution is 2.33. The van der Waals surface area contributed by atoms with Crippen molar-refractivity contribution in [3.63, 3.8) is 0 Å². The predicted molar refractivity (Wildman–Crippen MR) is 126 cm³/mol. The summed E-state index contributed by atoms with van der Waals surface area (Å²) in [6, 6.07) is 17.3. The SMILES string of the molecule is COc1ccc(S(=O)(=O)N(CC(=O)Nc2cccc(Cl)c2Cl)c2ccccc2)cc1OC. The molecule has 0 heterocycles. The van der Waals surface area contributed by atoms with Crippen molar-refractivity contribution in [3.05, 3.63) is 76.8 Å². The van der Waals surface area contributed by atoms with E-state index in [9.17, 15) is 13.2 Å². The number of hydrogen-bond acceptors (Lipinski definition) is 5. The van der Waals surface area contributed by atoms with Crippen LogP contribution in [0.15, 0.2) is 71.6 Å². The fraction of sp³-hybridized carbons (Fsp3) is 0.136. The zero-order valence-electron chi connectivity index (χ0n) is 17.2. The van der Waals surface area contributed by atoms with Gasteiger partial charge in [-0.15, -0.1) is 0 Å². The lowest BCUT2D eigenvalue weighted by Crippen LogP contribution is -2.38. The van der Waals surface area contributed by atoms with E-state index in [1.165, 1.54) is 32.4 Å². The molecule has 0 unspecified atom stereocenters. The Bertz CT molecular complexity index is 1220. The summed E-state index contributed by atoms with van der Waals surface area (Å²) < 4.78 is 38.4. The molecule has 1 N–H and O–H groups in total. The van der Waals surface area contributed by atoms with Gasteiger partial charge in [0.05, 0.1) is 40.5 Å². The van der Waals surface area contributed by atoms with Gasteiger partial charge in [0.15, 0.2) is 11.5 Å². The zero-order chi connectivity index (χ0) is 23.3.